The predicted molar refractivity (Wildman–Crippen MR) is 120 cm³/mol. The van der Waals surface area contributed by atoms with Gasteiger partial charge >= 0.3 is 6.09 Å². The highest BCUT2D eigenvalue weighted by Gasteiger charge is 2.57. The highest BCUT2D eigenvalue weighted by atomic mass is 32.2. The first-order valence-electron chi connectivity index (χ1n) is 10.5. The number of nitrogens with zero attached hydrogens (tertiary/aromatic N) is 1. The van der Waals surface area contributed by atoms with Gasteiger partial charge < -0.3 is 14.2 Å². The zero-order valence-corrected chi connectivity index (χ0v) is 20.0. The number of carbonyl (C=O) groups excluding carboxylic acids is 1. The number of fused-ring (bicyclic) bond motifs is 1. The summed E-state index contributed by atoms with van der Waals surface area (Å²) in [5.41, 5.74) is 0.150. The van der Waals surface area contributed by atoms with E-state index in [1.165, 1.54) is 4.90 Å². The van der Waals surface area contributed by atoms with Gasteiger partial charge in [0.25, 0.3) is 0 Å². The fraction of sp³-hybridized carbons (Fsp3) is 0.609. The Morgan fingerprint density at radius 2 is 2.00 bits per heavy atom. The van der Waals surface area contributed by atoms with Crippen molar-refractivity contribution in [2.45, 2.75) is 64.5 Å². The molecule has 3 rings (SSSR count). The molecule has 1 aromatic carbocycles. The van der Waals surface area contributed by atoms with Crippen molar-refractivity contribution in [2.24, 2.45) is 5.92 Å². The quantitative estimate of drug-likeness (QED) is 0.695. The average Bonchev–Trinajstić information content (AvgIpc) is 2.89. The molecule has 2 heterocycles. The van der Waals surface area contributed by atoms with Crippen molar-refractivity contribution >= 4 is 22.0 Å². The van der Waals surface area contributed by atoms with Crippen molar-refractivity contribution in [2.75, 3.05) is 18.6 Å². The molecule has 1 amide bonds. The van der Waals surface area contributed by atoms with E-state index in [0.29, 0.717) is 12.2 Å². The number of hydrogen-bond donors (Lipinski definition) is 0. The third-order valence-electron chi connectivity index (χ3n) is 5.67. The van der Waals surface area contributed by atoms with Crippen LogP contribution in [0.3, 0.4) is 0 Å². The van der Waals surface area contributed by atoms with Gasteiger partial charge in [0.15, 0.2) is 9.84 Å². The Morgan fingerprint density at radius 1 is 1.32 bits per heavy atom. The minimum atomic E-state index is -3.37. The fourth-order valence-corrected chi connectivity index (χ4v) is 6.51. The van der Waals surface area contributed by atoms with E-state index in [1.807, 2.05) is 18.2 Å². The van der Waals surface area contributed by atoms with Gasteiger partial charge in [0, 0.05) is 11.5 Å². The van der Waals surface area contributed by atoms with E-state index in [0.717, 1.165) is 11.1 Å². The van der Waals surface area contributed by atoms with Gasteiger partial charge in [-0.05, 0) is 58.7 Å². The van der Waals surface area contributed by atoms with Crippen molar-refractivity contribution in [1.29, 1.82) is 0 Å². The minimum absolute atomic E-state index is 0.0157. The lowest BCUT2D eigenvalue weighted by Crippen LogP contribution is -2.55. The molecule has 2 aliphatic rings. The second-order valence-electron chi connectivity index (χ2n) is 9.77. The Hall–Kier alpha value is -2.06. The molecule has 0 aliphatic carbocycles. The van der Waals surface area contributed by atoms with E-state index in [2.05, 4.69) is 6.58 Å². The Kier molecular flexibility index (Phi) is 6.19. The van der Waals surface area contributed by atoms with Gasteiger partial charge in [0.1, 0.15) is 17.1 Å². The van der Waals surface area contributed by atoms with Crippen LogP contribution in [0.4, 0.5) is 4.79 Å². The molecule has 0 saturated carbocycles. The van der Waals surface area contributed by atoms with E-state index < -0.39 is 39.4 Å². The Balaban J connectivity index is 1.92. The van der Waals surface area contributed by atoms with Crippen LogP contribution in [-0.2, 0) is 25.7 Å². The molecular formula is C23H33NO6S. The van der Waals surface area contributed by atoms with Crippen LogP contribution in [0, 0.1) is 5.92 Å². The highest BCUT2D eigenvalue weighted by molar-refractivity contribution is 7.91. The summed E-state index contributed by atoms with van der Waals surface area (Å²) in [5, 5.41) is 0. The van der Waals surface area contributed by atoms with Gasteiger partial charge in [0.05, 0.1) is 30.8 Å². The molecule has 8 heteroatoms. The number of ether oxygens (including phenoxy) is 3. The van der Waals surface area contributed by atoms with Crippen LogP contribution in [0.25, 0.3) is 6.08 Å². The van der Waals surface area contributed by atoms with E-state index in [9.17, 15) is 13.2 Å². The fourth-order valence-electron chi connectivity index (χ4n) is 4.56. The Morgan fingerprint density at radius 3 is 2.58 bits per heavy atom. The molecule has 7 nitrogen and oxygen atoms in total. The van der Waals surface area contributed by atoms with Gasteiger partial charge in [-0.3, -0.25) is 4.90 Å². The molecule has 0 bridgehead atoms. The molecule has 0 unspecified atom stereocenters. The van der Waals surface area contributed by atoms with Crippen LogP contribution in [0.5, 0.6) is 5.75 Å². The largest absolute Gasteiger partial charge is 0.496 e. The first-order valence-corrected chi connectivity index (χ1v) is 12.3. The predicted octanol–water partition coefficient (Wildman–Crippen LogP) is 3.67. The van der Waals surface area contributed by atoms with Crippen molar-refractivity contribution in [1.82, 2.24) is 4.90 Å². The van der Waals surface area contributed by atoms with Gasteiger partial charge in [-0.2, -0.15) is 0 Å². The monoisotopic (exact) mass is 451 g/mol. The topological polar surface area (TPSA) is 82.1 Å². The molecule has 0 radical (unpaired) electrons. The smallest absolute Gasteiger partial charge is 0.412 e. The van der Waals surface area contributed by atoms with E-state index in [1.54, 1.807) is 47.8 Å². The summed E-state index contributed by atoms with van der Waals surface area (Å²) >= 11 is 0. The summed E-state index contributed by atoms with van der Waals surface area (Å²) in [4.78, 5) is 14.4. The summed E-state index contributed by atoms with van der Waals surface area (Å²) in [7, 11) is -1.77. The SMILES string of the molecule is C=Cc1cc(C[C@@H]2CS(=O)(=O)C[C@H]3[C@H]2OC(C)(C)N3C(=O)OC(C)(C)C)ccc1OC. The van der Waals surface area contributed by atoms with Crippen LogP contribution in [0.2, 0.25) is 0 Å². The lowest BCUT2D eigenvalue weighted by Gasteiger charge is -2.37. The molecular weight excluding hydrogens is 418 g/mol. The van der Waals surface area contributed by atoms with Crippen LogP contribution in [-0.4, -0.2) is 61.5 Å². The minimum Gasteiger partial charge on any atom is -0.496 e. The van der Waals surface area contributed by atoms with Crippen molar-refractivity contribution in [3.8, 4) is 5.75 Å². The standard InChI is InChI=1S/C23H33NO6S/c1-8-16-11-15(9-10-19(16)28-7)12-17-13-31(26,27)14-18-20(17)29-23(5,6)24(18)21(25)30-22(2,3)4/h8-11,17-18,20H,1,12-14H2,2-7H3/t17-,18+,20+/m1/s1. The van der Waals surface area contributed by atoms with Crippen molar-refractivity contribution in [3.05, 3.63) is 35.9 Å². The number of carbonyl (C=O) groups is 1. The summed E-state index contributed by atoms with van der Waals surface area (Å²) in [6, 6.07) is 5.14. The normalized spacial score (nSPS) is 26.8. The van der Waals surface area contributed by atoms with Crippen LogP contribution >= 0.6 is 0 Å². The summed E-state index contributed by atoms with van der Waals surface area (Å²) in [6.45, 7) is 12.7. The average molecular weight is 452 g/mol. The third kappa shape index (κ3) is 5.06. The molecule has 0 aromatic heterocycles. The Bertz CT molecular complexity index is 963. The second kappa shape index (κ2) is 8.13. The molecule has 0 N–H and O–H groups in total. The molecule has 2 aliphatic heterocycles. The maximum absolute atomic E-state index is 13.0. The van der Waals surface area contributed by atoms with Gasteiger partial charge in [0.2, 0.25) is 0 Å². The lowest BCUT2D eigenvalue weighted by atomic mass is 9.90. The lowest BCUT2D eigenvalue weighted by molar-refractivity contribution is -0.0872. The number of rotatable bonds is 4. The maximum Gasteiger partial charge on any atom is 0.412 e. The second-order valence-corrected chi connectivity index (χ2v) is 11.9. The molecule has 172 valence electrons. The zero-order valence-electron chi connectivity index (χ0n) is 19.2. The summed E-state index contributed by atoms with van der Waals surface area (Å²) < 4.78 is 42.8. The maximum atomic E-state index is 13.0. The molecule has 1 aromatic rings. The number of sulfone groups is 1. The van der Waals surface area contributed by atoms with Gasteiger partial charge in [-0.15, -0.1) is 0 Å². The van der Waals surface area contributed by atoms with E-state index in [4.69, 9.17) is 14.2 Å². The molecule has 2 fully saturated rings. The molecule has 2 saturated heterocycles. The van der Waals surface area contributed by atoms with Crippen LogP contribution in [0.1, 0.15) is 45.7 Å². The third-order valence-corrected chi connectivity index (χ3v) is 7.46. The summed E-state index contributed by atoms with van der Waals surface area (Å²) in [6.07, 6.45) is 1.26. The highest BCUT2D eigenvalue weighted by Crippen LogP contribution is 2.41. The van der Waals surface area contributed by atoms with E-state index in [-0.39, 0.29) is 17.4 Å². The first-order chi connectivity index (χ1) is 14.3. The van der Waals surface area contributed by atoms with Gasteiger partial charge in [-0.25, -0.2) is 13.2 Å². The summed E-state index contributed by atoms with van der Waals surface area (Å²) in [5.74, 6) is 0.308. The molecule has 3 atom stereocenters. The number of hydrogen-bond acceptors (Lipinski definition) is 6. The van der Waals surface area contributed by atoms with Gasteiger partial charge in [-0.1, -0.05) is 18.7 Å². The Labute approximate surface area is 185 Å². The molecule has 0 spiro atoms. The molecule has 31 heavy (non-hydrogen) atoms. The number of benzene rings is 1. The van der Waals surface area contributed by atoms with E-state index >= 15 is 0 Å². The van der Waals surface area contributed by atoms with Crippen LogP contribution in [0.15, 0.2) is 24.8 Å². The zero-order chi connectivity index (χ0) is 23.2. The van der Waals surface area contributed by atoms with Crippen molar-refractivity contribution < 1.29 is 27.4 Å². The number of methoxy groups -OCH3 is 1. The number of amides is 1. The van der Waals surface area contributed by atoms with Crippen molar-refractivity contribution in [3.63, 3.8) is 0 Å². The van der Waals surface area contributed by atoms with Crippen LogP contribution < -0.4 is 4.74 Å². The first kappa shape index (κ1) is 23.6.